The van der Waals surface area contributed by atoms with Gasteiger partial charge in [0.2, 0.25) is 0 Å². The second-order valence-electron chi connectivity index (χ2n) is 5.13. The lowest BCUT2D eigenvalue weighted by molar-refractivity contribution is -0.167. The summed E-state index contributed by atoms with van der Waals surface area (Å²) >= 11 is 0. The van der Waals surface area contributed by atoms with Gasteiger partial charge in [0.25, 0.3) is 0 Å². The molecule has 0 heterocycles. The van der Waals surface area contributed by atoms with E-state index in [9.17, 15) is 36.0 Å². The van der Waals surface area contributed by atoms with Gasteiger partial charge in [-0.2, -0.15) is 26.3 Å². The van der Waals surface area contributed by atoms with Crippen LogP contribution in [0.2, 0.25) is 0 Å². The summed E-state index contributed by atoms with van der Waals surface area (Å²) in [5.41, 5.74) is 0. The SMILES string of the molecule is O=P(OCC(F)(F)F)(OCC(F)(F)F)[C@H](O)C1CCCCC1. The van der Waals surface area contributed by atoms with E-state index in [1.165, 1.54) is 0 Å². The van der Waals surface area contributed by atoms with Gasteiger partial charge in [-0.05, 0) is 18.8 Å². The van der Waals surface area contributed by atoms with Crippen molar-refractivity contribution >= 4 is 7.60 Å². The molecule has 1 aliphatic carbocycles. The number of alkyl halides is 6. The molecule has 0 amide bonds. The summed E-state index contributed by atoms with van der Waals surface area (Å²) in [6.45, 7) is -4.10. The minimum absolute atomic E-state index is 0.343. The van der Waals surface area contributed by atoms with E-state index in [4.69, 9.17) is 0 Å². The highest BCUT2D eigenvalue weighted by atomic mass is 31.2. The Hall–Kier alpha value is -0.310. The maximum atomic E-state index is 12.2. The van der Waals surface area contributed by atoms with Gasteiger partial charge in [0, 0.05) is 0 Å². The van der Waals surface area contributed by atoms with Gasteiger partial charge < -0.3 is 5.11 Å². The van der Waals surface area contributed by atoms with Crippen LogP contribution in [0, 0.1) is 5.92 Å². The number of halogens is 6. The van der Waals surface area contributed by atoms with E-state index in [1.54, 1.807) is 0 Å². The molecule has 0 spiro atoms. The highest BCUT2D eigenvalue weighted by Crippen LogP contribution is 2.57. The van der Waals surface area contributed by atoms with Crippen molar-refractivity contribution in [2.75, 3.05) is 13.2 Å². The molecule has 1 N–H and O–H groups in total. The summed E-state index contributed by atoms with van der Waals surface area (Å²) in [7, 11) is -4.96. The maximum Gasteiger partial charge on any atom is 0.412 e. The van der Waals surface area contributed by atoms with Crippen LogP contribution in [0.5, 0.6) is 0 Å². The van der Waals surface area contributed by atoms with Crippen molar-refractivity contribution in [3.05, 3.63) is 0 Å². The van der Waals surface area contributed by atoms with E-state index < -0.39 is 44.9 Å². The van der Waals surface area contributed by atoms with Gasteiger partial charge in [-0.15, -0.1) is 0 Å². The van der Waals surface area contributed by atoms with Crippen molar-refractivity contribution < 1.29 is 45.1 Å². The third-order valence-corrected chi connectivity index (χ3v) is 5.26. The van der Waals surface area contributed by atoms with E-state index in [1.807, 2.05) is 0 Å². The van der Waals surface area contributed by atoms with Crippen LogP contribution in [0.15, 0.2) is 0 Å². The van der Waals surface area contributed by atoms with Crippen LogP contribution < -0.4 is 0 Å². The van der Waals surface area contributed by atoms with Crippen LogP contribution in [0.25, 0.3) is 0 Å². The van der Waals surface area contributed by atoms with Gasteiger partial charge in [-0.25, -0.2) is 0 Å². The topological polar surface area (TPSA) is 55.8 Å². The van der Waals surface area contributed by atoms with Crippen LogP contribution in [-0.2, 0) is 13.6 Å². The zero-order valence-electron chi connectivity index (χ0n) is 11.5. The van der Waals surface area contributed by atoms with Crippen molar-refractivity contribution in [2.45, 2.75) is 50.3 Å². The number of hydrogen-bond donors (Lipinski definition) is 1. The van der Waals surface area contributed by atoms with E-state index in [0.29, 0.717) is 25.7 Å². The first-order chi connectivity index (χ1) is 9.93. The van der Waals surface area contributed by atoms with Crippen molar-refractivity contribution in [1.29, 1.82) is 0 Å². The largest absolute Gasteiger partial charge is 0.412 e. The van der Waals surface area contributed by atoms with Crippen LogP contribution in [0.3, 0.4) is 0 Å². The smallest absolute Gasteiger partial charge is 0.380 e. The third-order valence-electron chi connectivity index (χ3n) is 3.21. The fraction of sp³-hybridized carbons (Fsp3) is 1.00. The van der Waals surface area contributed by atoms with E-state index >= 15 is 0 Å². The van der Waals surface area contributed by atoms with Crippen LogP contribution >= 0.6 is 7.60 Å². The molecule has 0 bridgehead atoms. The van der Waals surface area contributed by atoms with Gasteiger partial charge in [-0.3, -0.25) is 13.6 Å². The first-order valence-corrected chi connectivity index (χ1v) is 8.24. The highest BCUT2D eigenvalue weighted by molar-refractivity contribution is 7.54. The Kier molecular flexibility index (Phi) is 6.73. The highest BCUT2D eigenvalue weighted by Gasteiger charge is 2.45. The Morgan fingerprint density at radius 2 is 1.36 bits per heavy atom. The van der Waals surface area contributed by atoms with Gasteiger partial charge in [0.1, 0.15) is 0 Å². The van der Waals surface area contributed by atoms with Crippen LogP contribution in [-0.4, -0.2) is 36.5 Å². The molecule has 1 atom stereocenters. The molecule has 22 heavy (non-hydrogen) atoms. The summed E-state index contributed by atoms with van der Waals surface area (Å²) in [4.78, 5) is 0. The summed E-state index contributed by atoms with van der Waals surface area (Å²) in [5.74, 6) is -2.71. The fourth-order valence-electron chi connectivity index (χ4n) is 2.21. The maximum absolute atomic E-state index is 12.2. The first-order valence-electron chi connectivity index (χ1n) is 6.63. The molecule has 0 aromatic rings. The standard InChI is InChI=1S/C11H17F6O4P/c12-10(13,14)6-20-22(19,21-7-11(15,16)17)9(18)8-4-2-1-3-5-8/h8-9,18H,1-7H2/t9-/m0/s1. The lowest BCUT2D eigenvalue weighted by Crippen LogP contribution is -2.29. The molecule has 1 fully saturated rings. The average Bonchev–Trinajstić information content (AvgIpc) is 2.42. The number of rotatable bonds is 6. The molecule has 1 saturated carbocycles. The zero-order chi connectivity index (χ0) is 17.0. The van der Waals surface area contributed by atoms with Crippen molar-refractivity contribution in [1.82, 2.24) is 0 Å². The minimum atomic E-state index is -4.96. The lowest BCUT2D eigenvalue weighted by Gasteiger charge is -2.31. The first kappa shape index (κ1) is 19.7. The van der Waals surface area contributed by atoms with Gasteiger partial charge in [0.05, 0.1) is 0 Å². The second kappa shape index (κ2) is 7.51. The second-order valence-corrected chi connectivity index (χ2v) is 7.25. The van der Waals surface area contributed by atoms with Crippen molar-refractivity contribution in [3.8, 4) is 0 Å². The molecule has 0 saturated heterocycles. The summed E-state index contributed by atoms with van der Waals surface area (Å²) in [5, 5.41) is 9.94. The predicted octanol–water partition coefficient (Wildman–Crippen LogP) is 4.24. The normalized spacial score (nSPS) is 20.1. The quantitative estimate of drug-likeness (QED) is 0.570. The molecule has 0 aliphatic heterocycles. The zero-order valence-corrected chi connectivity index (χ0v) is 12.4. The molecule has 0 aromatic carbocycles. The lowest BCUT2D eigenvalue weighted by atomic mass is 9.90. The van der Waals surface area contributed by atoms with E-state index in [-0.39, 0.29) is 0 Å². The summed E-state index contributed by atoms with van der Waals surface area (Å²) in [6.07, 6.45) is -7.00. The summed E-state index contributed by atoms with van der Waals surface area (Å²) < 4.78 is 93.3. The molecular weight excluding hydrogens is 341 g/mol. The molecule has 132 valence electrons. The van der Waals surface area contributed by atoms with Gasteiger partial charge in [-0.1, -0.05) is 19.3 Å². The molecule has 1 rings (SSSR count). The number of aliphatic hydroxyl groups is 1. The molecule has 11 heteroatoms. The Morgan fingerprint density at radius 1 is 0.955 bits per heavy atom. The Balaban J connectivity index is 2.81. The summed E-state index contributed by atoms with van der Waals surface area (Å²) in [6, 6.07) is 0. The molecule has 0 aromatic heterocycles. The molecule has 4 nitrogen and oxygen atoms in total. The minimum Gasteiger partial charge on any atom is -0.380 e. The van der Waals surface area contributed by atoms with Crippen LogP contribution in [0.4, 0.5) is 26.3 Å². The fourth-order valence-corrected chi connectivity index (χ4v) is 4.05. The van der Waals surface area contributed by atoms with Crippen molar-refractivity contribution in [3.63, 3.8) is 0 Å². The van der Waals surface area contributed by atoms with Crippen LogP contribution in [0.1, 0.15) is 32.1 Å². The molecule has 1 aliphatic rings. The van der Waals surface area contributed by atoms with Crippen molar-refractivity contribution in [2.24, 2.45) is 5.92 Å². The third kappa shape index (κ3) is 6.85. The van der Waals surface area contributed by atoms with Gasteiger partial charge >= 0.3 is 19.9 Å². The number of hydrogen-bond acceptors (Lipinski definition) is 4. The Bertz CT molecular complexity index is 369. The molecule has 0 radical (unpaired) electrons. The molecular formula is C11H17F6O4P. The monoisotopic (exact) mass is 358 g/mol. The van der Waals surface area contributed by atoms with E-state index in [0.717, 1.165) is 6.42 Å². The Morgan fingerprint density at radius 3 is 1.73 bits per heavy atom. The predicted molar refractivity (Wildman–Crippen MR) is 64.2 cm³/mol. The average molecular weight is 358 g/mol. The molecule has 0 unspecified atom stereocenters. The van der Waals surface area contributed by atoms with E-state index in [2.05, 4.69) is 9.05 Å². The Labute approximate surface area is 123 Å². The number of aliphatic hydroxyl groups excluding tert-OH is 1. The van der Waals surface area contributed by atoms with Gasteiger partial charge in [0.15, 0.2) is 19.1 Å².